The topological polar surface area (TPSA) is 167 Å². The fraction of sp³-hybridized carbons (Fsp3) is 0.364. The van der Waals surface area contributed by atoms with E-state index in [1.165, 1.54) is 12.5 Å². The van der Waals surface area contributed by atoms with E-state index in [2.05, 4.69) is 25.6 Å². The molecule has 15 heteroatoms. The largest absolute Gasteiger partial charge is 0.398 e. The molecule has 1 aliphatic heterocycles. The predicted molar refractivity (Wildman–Crippen MR) is 90.2 cm³/mol. The van der Waals surface area contributed by atoms with E-state index >= 15 is 0 Å². The second-order valence-electron chi connectivity index (χ2n) is 4.72. The molecule has 3 amide bonds. The Bertz CT molecular complexity index is 868. The van der Waals surface area contributed by atoms with Crippen LogP contribution in [0.4, 0.5) is 5.13 Å². The molecule has 2 rings (SSSR count). The quantitative estimate of drug-likeness (QED) is 0.161. The van der Waals surface area contributed by atoms with Crippen molar-refractivity contribution in [2.75, 3.05) is 24.9 Å². The molecule has 1 aliphatic rings. The third-order valence-corrected chi connectivity index (χ3v) is 4.87. The summed E-state index contributed by atoms with van der Waals surface area (Å²) >= 11 is 6.37. The van der Waals surface area contributed by atoms with Crippen molar-refractivity contribution in [1.29, 1.82) is 0 Å². The van der Waals surface area contributed by atoms with Crippen LogP contribution in [0.25, 0.3) is 0 Å². The zero-order chi connectivity index (χ0) is 19.5. The second-order valence-corrected chi connectivity index (χ2v) is 7.18. The lowest BCUT2D eigenvalue weighted by Crippen LogP contribution is -2.65. The van der Waals surface area contributed by atoms with Gasteiger partial charge in [-0.05, 0) is 0 Å². The number of nitrogens with one attached hydrogen (secondary N) is 2. The third-order valence-electron chi connectivity index (χ3n) is 2.99. The molecular formula is C11H12ClN5O7S2. The number of oxime groups is 1. The highest BCUT2D eigenvalue weighted by molar-refractivity contribution is 7.84. The van der Waals surface area contributed by atoms with Crippen LogP contribution in [0, 0.1) is 0 Å². The first-order valence-corrected chi connectivity index (χ1v) is 9.51. The van der Waals surface area contributed by atoms with E-state index in [9.17, 15) is 22.8 Å². The maximum absolute atomic E-state index is 12.3. The average Bonchev–Trinajstić information content (AvgIpc) is 3.02. The van der Waals surface area contributed by atoms with Gasteiger partial charge in [0.1, 0.15) is 24.7 Å². The number of hydrogen-bond acceptors (Lipinski definition) is 9. The van der Waals surface area contributed by atoms with Crippen molar-refractivity contribution >= 4 is 61.8 Å². The Hall–Kier alpha value is -2.29. The van der Waals surface area contributed by atoms with Crippen molar-refractivity contribution in [3.63, 3.8) is 0 Å². The summed E-state index contributed by atoms with van der Waals surface area (Å²) in [7, 11) is -3.48. The summed E-state index contributed by atoms with van der Waals surface area (Å²) in [5, 5.41) is 9.75. The molecule has 1 saturated heterocycles. The lowest BCUT2D eigenvalue weighted by Gasteiger charge is -2.35. The number of aromatic nitrogens is 1. The van der Waals surface area contributed by atoms with Gasteiger partial charge in [-0.25, -0.2) is 9.29 Å². The number of carbonyl (C=O) groups excluding carboxylic acids is 3. The van der Waals surface area contributed by atoms with E-state index in [1.54, 1.807) is 0 Å². The van der Waals surface area contributed by atoms with Crippen molar-refractivity contribution in [3.05, 3.63) is 11.1 Å². The number of nitrogens with zero attached hydrogens (tertiary/aromatic N) is 3. The molecule has 1 aromatic heterocycles. The number of halogens is 1. The molecule has 142 valence electrons. The lowest BCUT2D eigenvalue weighted by atomic mass is 10.1. The number of rotatable bonds is 7. The summed E-state index contributed by atoms with van der Waals surface area (Å²) in [4.78, 5) is 43.7. The molecular weight excluding hydrogens is 414 g/mol. The summed E-state index contributed by atoms with van der Waals surface area (Å²) in [6, 6.07) is -1.15. The minimum atomic E-state index is -4.66. The van der Waals surface area contributed by atoms with Crippen molar-refractivity contribution in [2.24, 2.45) is 5.16 Å². The van der Waals surface area contributed by atoms with E-state index in [0.29, 0.717) is 0 Å². The fourth-order valence-corrected chi connectivity index (χ4v) is 3.30. The number of hydrogen-bond donors (Lipinski definition) is 3. The zero-order valence-electron chi connectivity index (χ0n) is 13.0. The number of β-lactam (4-membered cyclic amide) rings is 1. The highest BCUT2D eigenvalue weighted by Crippen LogP contribution is 2.18. The van der Waals surface area contributed by atoms with Gasteiger partial charge in [0, 0.05) is 5.38 Å². The first-order valence-electron chi connectivity index (χ1n) is 6.70. The van der Waals surface area contributed by atoms with E-state index in [-0.39, 0.29) is 26.7 Å². The van der Waals surface area contributed by atoms with Gasteiger partial charge in [-0.2, -0.15) is 8.42 Å². The molecule has 1 aromatic rings. The Morgan fingerprint density at radius 3 is 2.81 bits per heavy atom. The Morgan fingerprint density at radius 2 is 2.27 bits per heavy atom. The molecule has 0 saturated carbocycles. The summed E-state index contributed by atoms with van der Waals surface area (Å²) in [6.45, 7) is -0.419. The van der Waals surface area contributed by atoms with Crippen molar-refractivity contribution < 1.29 is 32.2 Å². The van der Waals surface area contributed by atoms with Crippen LogP contribution in [0.3, 0.4) is 0 Å². The Labute approximate surface area is 156 Å². The number of alkyl halides is 1. The normalized spacial score (nSPS) is 17.5. The maximum atomic E-state index is 12.3. The molecule has 1 unspecified atom stereocenters. The second kappa shape index (κ2) is 7.94. The first-order chi connectivity index (χ1) is 12.2. The monoisotopic (exact) mass is 425 g/mol. The standard InChI is InChI=1S/C11H12ClN5O7S2/c1-24-16-8(6-4-25-11(14-6)15-7(18)2-12)9(19)13-5-3-17(10(5)20)26(21,22)23/h4-5H,2-3H2,1H3,(H,13,19)(H,14,15,18)(H,21,22,23). The molecule has 0 aliphatic carbocycles. The fourth-order valence-electron chi connectivity index (χ4n) is 1.83. The van der Waals surface area contributed by atoms with Gasteiger partial charge in [0.2, 0.25) is 5.91 Å². The number of anilines is 1. The molecule has 1 atom stereocenters. The van der Waals surface area contributed by atoms with Gasteiger partial charge >= 0.3 is 10.3 Å². The minimum absolute atomic E-state index is 0.0534. The maximum Gasteiger partial charge on any atom is 0.362 e. The van der Waals surface area contributed by atoms with Crippen LogP contribution in [0.1, 0.15) is 5.69 Å². The van der Waals surface area contributed by atoms with Crippen LogP contribution in [0.2, 0.25) is 0 Å². The average molecular weight is 426 g/mol. The SMILES string of the molecule is CON=C(C(=O)NC1CN(S(=O)(=O)O)C1=O)c1csc(NC(=O)CCl)n1. The van der Waals surface area contributed by atoms with E-state index < -0.39 is 40.6 Å². The summed E-state index contributed by atoms with van der Waals surface area (Å²) < 4.78 is 30.8. The molecule has 0 radical (unpaired) electrons. The molecule has 0 bridgehead atoms. The van der Waals surface area contributed by atoms with Gasteiger partial charge in [-0.15, -0.1) is 22.9 Å². The molecule has 0 spiro atoms. The van der Waals surface area contributed by atoms with Gasteiger partial charge in [0.25, 0.3) is 11.8 Å². The van der Waals surface area contributed by atoms with Gasteiger partial charge in [-0.1, -0.05) is 5.16 Å². The van der Waals surface area contributed by atoms with Crippen LogP contribution in [0.5, 0.6) is 0 Å². The molecule has 3 N–H and O–H groups in total. The molecule has 26 heavy (non-hydrogen) atoms. The van der Waals surface area contributed by atoms with E-state index in [0.717, 1.165) is 11.3 Å². The van der Waals surface area contributed by atoms with Crippen LogP contribution in [-0.4, -0.2) is 71.3 Å². The first kappa shape index (κ1) is 20.0. The van der Waals surface area contributed by atoms with E-state index in [4.69, 9.17) is 16.2 Å². The minimum Gasteiger partial charge on any atom is -0.398 e. The third kappa shape index (κ3) is 4.46. The van der Waals surface area contributed by atoms with Gasteiger partial charge in [0.05, 0.1) is 6.54 Å². The Balaban J connectivity index is 2.09. The van der Waals surface area contributed by atoms with Gasteiger partial charge in [0.15, 0.2) is 10.8 Å². The predicted octanol–water partition coefficient (Wildman–Crippen LogP) is -1.20. The number of amides is 3. The summed E-state index contributed by atoms with van der Waals surface area (Å²) in [5.41, 5.74) is -0.245. The lowest BCUT2D eigenvalue weighted by molar-refractivity contribution is -0.139. The molecule has 1 fully saturated rings. The Morgan fingerprint density at radius 1 is 1.58 bits per heavy atom. The number of thiazole rings is 1. The van der Waals surface area contributed by atoms with Crippen molar-refractivity contribution in [3.8, 4) is 0 Å². The van der Waals surface area contributed by atoms with E-state index in [1.807, 2.05) is 0 Å². The smallest absolute Gasteiger partial charge is 0.362 e. The summed E-state index contributed by atoms with van der Waals surface area (Å²) in [6.07, 6.45) is 0. The summed E-state index contributed by atoms with van der Waals surface area (Å²) in [5.74, 6) is -2.62. The van der Waals surface area contributed by atoms with Crippen LogP contribution >= 0.6 is 22.9 Å². The van der Waals surface area contributed by atoms with Crippen LogP contribution in [-0.2, 0) is 29.5 Å². The molecule has 0 aromatic carbocycles. The highest BCUT2D eigenvalue weighted by Gasteiger charge is 2.45. The molecule has 2 heterocycles. The van der Waals surface area contributed by atoms with Crippen LogP contribution < -0.4 is 10.6 Å². The Kier molecular flexibility index (Phi) is 6.12. The van der Waals surface area contributed by atoms with Gasteiger partial charge < -0.3 is 15.5 Å². The van der Waals surface area contributed by atoms with Gasteiger partial charge in [-0.3, -0.25) is 18.9 Å². The van der Waals surface area contributed by atoms with Crippen molar-refractivity contribution in [1.82, 2.24) is 14.6 Å². The van der Waals surface area contributed by atoms with Crippen LogP contribution in [0.15, 0.2) is 10.5 Å². The van der Waals surface area contributed by atoms with Crippen molar-refractivity contribution in [2.45, 2.75) is 6.04 Å². The molecule has 12 nitrogen and oxygen atoms in total. The zero-order valence-corrected chi connectivity index (χ0v) is 15.4. The highest BCUT2D eigenvalue weighted by atomic mass is 35.5. The number of carbonyl (C=O) groups is 3.